The molecule has 0 radical (unpaired) electrons. The Bertz CT molecular complexity index is 5660. The second kappa shape index (κ2) is 50.0. The van der Waals surface area contributed by atoms with E-state index < -0.39 is 166 Å². The van der Waals surface area contributed by atoms with Gasteiger partial charge in [0.15, 0.2) is 0 Å². The van der Waals surface area contributed by atoms with Crippen LogP contribution in [-0.4, -0.2) is 382 Å². The molecule has 0 aliphatic carbocycles. The van der Waals surface area contributed by atoms with Crippen LogP contribution in [0.3, 0.4) is 0 Å². The number of rotatable bonds is 42. The molecule has 4 fully saturated rings. The van der Waals surface area contributed by atoms with Crippen molar-refractivity contribution in [1.82, 2.24) is 95.6 Å². The number of nitrogens with zero attached hydrogens (tertiary/aromatic N) is 17. The fraction of sp³-hybridized carbons (Fsp3) is 0.467. The summed E-state index contributed by atoms with van der Waals surface area (Å²) in [6.07, 6.45) is 0.905. The molecule has 141 heavy (non-hydrogen) atoms. The number of amides is 11. The summed E-state index contributed by atoms with van der Waals surface area (Å²) in [5.41, 5.74) is 3.42. The largest absolute Gasteiger partial charge is 0.491 e. The highest BCUT2D eigenvalue weighted by Gasteiger charge is 2.49. The van der Waals surface area contributed by atoms with E-state index in [1.807, 2.05) is 0 Å². The number of nitrogens with one attached hydrogen (secondary N) is 5. The third kappa shape index (κ3) is 29.4. The van der Waals surface area contributed by atoms with Gasteiger partial charge in [0.1, 0.15) is 52.9 Å². The van der Waals surface area contributed by atoms with Crippen molar-refractivity contribution in [1.29, 1.82) is 10.5 Å². The molecular weight excluding hydrogens is 1890 g/mol. The maximum absolute atomic E-state index is 15.1. The number of fused-ring (bicyclic) bond motifs is 7. The Balaban J connectivity index is 0.652. The lowest BCUT2D eigenvalue weighted by molar-refractivity contribution is -0.157. The Morgan fingerprint density at radius 2 is 0.936 bits per heavy atom. The zero-order valence-corrected chi connectivity index (χ0v) is 78.3. The van der Waals surface area contributed by atoms with Gasteiger partial charge in [0.05, 0.1) is 132 Å². The number of carboxylic acid groups (broad SMARTS) is 4. The number of hydrogen-bond acceptors (Lipinski definition) is 29. The summed E-state index contributed by atoms with van der Waals surface area (Å²) in [7, 11) is 0. The number of carbonyl (C=O) groups excluding carboxylic acids is 11. The van der Waals surface area contributed by atoms with Crippen LogP contribution in [0.25, 0.3) is 44.3 Å². The number of thioether (sulfide) groups is 2. The van der Waals surface area contributed by atoms with Gasteiger partial charge in [-0.05, 0) is 55.2 Å². The Morgan fingerprint density at radius 1 is 0.489 bits per heavy atom. The van der Waals surface area contributed by atoms with Crippen LogP contribution in [0.2, 0.25) is 0 Å². The zero-order chi connectivity index (χ0) is 101. The number of anilines is 1. The molecule has 5 aliphatic rings. The Morgan fingerprint density at radius 3 is 1.41 bits per heavy atom. The number of alkyl halides is 4. The number of benzene rings is 4. The molecule has 12 rings (SSSR count). The van der Waals surface area contributed by atoms with Gasteiger partial charge in [0.25, 0.3) is 23.7 Å². The standard InChI is InChI=1S/C92H106F4N22O21S2/c93-91(94)41-60(43-97)116(54-91)76(123)45-104-88(134)65-19-26-102-84-63(65)12-5-15-70(84)138-37-7-24-99-73(120)22-39-140-52-79(126)113-56-112(57-114(58-113)80(127)53-141-40-23-74(121)100-25-8-38-139-71-16-6-13-64-66(20-27-103-85(64)71)89(135)105-46-77(124)117-55-92(95,96)42-61(117)44-98)78(125)48-118-87-62-10-2-1-9-59(62)47-115(68-14-4-3-11-67(68)86(87)106-107-118)75(122)21-28-101-72(119)18-17-69(90(136)137)111-35-33-109(50-82(130)131)31-29-108(49-81(128)129)30-32-110(34-36-111)51-83(132)133/h1-6,9-16,19-20,26-27,60-61,69H,7-8,17-18,21-25,28-42,45-58H2,(H,99,120)(H,100,121)(H,101,119)(H,104,134)(H,105,135)(H,128,129)(H,130,131)(H,132,133)(H,136,137)/t60-,61-,69?/m0/s1. The first-order valence-electron chi connectivity index (χ1n) is 45.3. The lowest BCUT2D eigenvalue weighted by atomic mass is 9.95. The number of aliphatic carboxylic acids is 4. The summed E-state index contributed by atoms with van der Waals surface area (Å²) in [5, 5.41) is 81.5. The smallest absolute Gasteiger partial charge is 0.320 e. The first-order chi connectivity index (χ1) is 67.6. The van der Waals surface area contributed by atoms with Crippen LogP contribution >= 0.6 is 23.5 Å². The van der Waals surface area contributed by atoms with Gasteiger partial charge in [-0.3, -0.25) is 101 Å². The van der Waals surface area contributed by atoms with E-state index in [0.29, 0.717) is 74.2 Å². The molecule has 5 aliphatic heterocycles. The second-order valence-corrected chi connectivity index (χ2v) is 36.1. The Labute approximate surface area is 813 Å². The SMILES string of the molecule is N#C[C@@H]1CC(F)(F)CN1C(=O)CNC(=O)c1ccnc2c(OCCCNC(=O)CCSCC(=O)N3CN(C(=O)CSCCC(=O)NCCCOc4cccc5c(C(=O)NCC(=O)N6CC(F)(F)C[C@H]6C#N)ccnc45)CN(C(=O)Cn4nnc5c4-c4ccccc4CN(C(=O)CCNC(=O)CCC(C(=O)O)N4CCN(CC(=O)O)CCN(CC(=O)O)CCN(CC(=O)O)CC4)c4ccccc4-5)C3)cccc12. The van der Waals surface area contributed by atoms with Gasteiger partial charge in [0.2, 0.25) is 53.2 Å². The maximum atomic E-state index is 15.1. The minimum atomic E-state index is -3.24. The first kappa shape index (κ1) is 106. The number of aromatic nitrogens is 5. The number of carboxylic acids is 4. The number of ether oxygens (including phenoxy) is 2. The van der Waals surface area contributed by atoms with Gasteiger partial charge in [-0.15, -0.1) is 5.10 Å². The van der Waals surface area contributed by atoms with Crippen molar-refractivity contribution < 1.29 is 119 Å². The number of hydrogen-bond donors (Lipinski definition) is 9. The Kier molecular flexibility index (Phi) is 37.5. The van der Waals surface area contributed by atoms with Crippen molar-refractivity contribution in [2.24, 2.45) is 0 Å². The molecular formula is C92H106F4N22O21S2. The molecule has 3 aromatic heterocycles. The maximum Gasteiger partial charge on any atom is 0.320 e. The molecule has 0 saturated carbocycles. The minimum absolute atomic E-state index is 0.0101. The summed E-state index contributed by atoms with van der Waals surface area (Å²) in [4.78, 5) is 221. The van der Waals surface area contributed by atoms with Crippen LogP contribution in [0.5, 0.6) is 11.5 Å². The lowest BCUT2D eigenvalue weighted by Gasteiger charge is -2.42. The predicted molar refractivity (Wildman–Crippen MR) is 499 cm³/mol. The number of para-hydroxylation sites is 3. The van der Waals surface area contributed by atoms with Crippen molar-refractivity contribution in [3.63, 3.8) is 0 Å². The van der Waals surface area contributed by atoms with Gasteiger partial charge >= 0.3 is 23.9 Å². The van der Waals surface area contributed by atoms with Crippen molar-refractivity contribution >= 4 is 140 Å². The van der Waals surface area contributed by atoms with Crippen LogP contribution in [0.15, 0.2) is 109 Å². The van der Waals surface area contributed by atoms with E-state index in [1.54, 1.807) is 117 Å². The fourth-order valence-corrected chi connectivity index (χ4v) is 18.4. The van der Waals surface area contributed by atoms with Gasteiger partial charge in [-0.2, -0.15) is 34.0 Å². The number of carbonyl (C=O) groups is 15. The molecule has 49 heteroatoms. The van der Waals surface area contributed by atoms with E-state index in [0.717, 1.165) is 33.3 Å². The normalized spacial score (nSPS) is 17.0. The number of nitriles is 2. The third-order valence-corrected chi connectivity index (χ3v) is 25.8. The molecule has 7 aromatic rings. The third-order valence-electron chi connectivity index (χ3n) is 23.9. The molecule has 43 nitrogen and oxygen atoms in total. The van der Waals surface area contributed by atoms with E-state index in [9.17, 15) is 116 Å². The molecule has 8 heterocycles. The highest BCUT2D eigenvalue weighted by Crippen LogP contribution is 2.42. The topological polar surface area (TPSA) is 552 Å². The molecule has 4 aromatic carbocycles. The van der Waals surface area contributed by atoms with Crippen LogP contribution < -0.4 is 41.0 Å². The van der Waals surface area contributed by atoms with Crippen LogP contribution in [0.4, 0.5) is 23.2 Å². The average Bonchev–Trinajstić information content (AvgIpc) is 1.60. The number of pyridine rings is 2. The van der Waals surface area contributed by atoms with E-state index in [4.69, 9.17) is 9.47 Å². The molecule has 0 spiro atoms. The van der Waals surface area contributed by atoms with Gasteiger partial charge in [-0.1, -0.05) is 71.9 Å². The summed E-state index contributed by atoms with van der Waals surface area (Å²) in [5.74, 6) is -17.0. The number of likely N-dealkylation sites (tertiary alicyclic amines) is 2. The molecule has 4 saturated heterocycles. The summed E-state index contributed by atoms with van der Waals surface area (Å²) < 4.78 is 69.6. The molecule has 750 valence electrons. The summed E-state index contributed by atoms with van der Waals surface area (Å²) >= 11 is 2.27. The quantitative estimate of drug-likeness (QED) is 0.0196. The number of halogens is 4. The van der Waals surface area contributed by atoms with Crippen LogP contribution in [0, 0.1) is 22.7 Å². The molecule has 3 atom stereocenters. The Hall–Kier alpha value is -14.3. The molecule has 0 bridgehead atoms. The lowest BCUT2D eigenvalue weighted by Crippen LogP contribution is -2.60. The highest BCUT2D eigenvalue weighted by atomic mass is 32.2. The molecule has 1 unspecified atom stereocenters. The predicted octanol–water partition coefficient (Wildman–Crippen LogP) is 2.54. The summed E-state index contributed by atoms with van der Waals surface area (Å²) in [6, 6.07) is 25.9. The average molecular weight is 2000 g/mol. The first-order valence-corrected chi connectivity index (χ1v) is 47.7. The van der Waals surface area contributed by atoms with Crippen molar-refractivity contribution in [3.8, 4) is 46.2 Å². The van der Waals surface area contributed by atoms with Gasteiger partial charge in [-0.25, -0.2) is 22.2 Å². The van der Waals surface area contributed by atoms with Crippen molar-refractivity contribution in [3.05, 3.63) is 126 Å². The van der Waals surface area contributed by atoms with Gasteiger partial charge < -0.3 is 85.9 Å². The van der Waals surface area contributed by atoms with E-state index >= 15 is 4.79 Å². The van der Waals surface area contributed by atoms with Crippen molar-refractivity contribution in [2.75, 3.05) is 179 Å². The van der Waals surface area contributed by atoms with Crippen molar-refractivity contribution in [2.45, 2.75) is 101 Å². The molecule has 11 amide bonds. The fourth-order valence-electron chi connectivity index (χ4n) is 16.8. The zero-order valence-electron chi connectivity index (χ0n) is 76.7. The van der Waals surface area contributed by atoms with E-state index in [-0.39, 0.29) is 202 Å². The highest BCUT2D eigenvalue weighted by molar-refractivity contribution is 8.00. The van der Waals surface area contributed by atoms with Crippen LogP contribution in [0.1, 0.15) is 84.1 Å². The summed E-state index contributed by atoms with van der Waals surface area (Å²) in [6.45, 7) is -4.94. The second-order valence-electron chi connectivity index (χ2n) is 33.9. The minimum Gasteiger partial charge on any atom is -0.491 e. The van der Waals surface area contributed by atoms with Crippen LogP contribution in [-0.2, 0) is 75.4 Å². The van der Waals surface area contributed by atoms with Gasteiger partial charge in [0, 0.05) is 156 Å². The van der Waals surface area contributed by atoms with E-state index in [2.05, 4.69) is 46.9 Å². The molecule has 9 N–H and O–H groups in total. The van der Waals surface area contributed by atoms with E-state index in [1.165, 1.54) is 48.8 Å². The monoisotopic (exact) mass is 1990 g/mol.